The molecule has 12 nitrogen and oxygen atoms in total. The van der Waals surface area contributed by atoms with Gasteiger partial charge in [-0.25, -0.2) is 14.3 Å². The molecule has 0 spiro atoms. The predicted octanol–water partition coefficient (Wildman–Crippen LogP) is 5.79. The Kier molecular flexibility index (Phi) is 7.89. The van der Waals surface area contributed by atoms with Gasteiger partial charge in [-0.1, -0.05) is 41.8 Å². The number of hydrogen-bond acceptors (Lipinski definition) is 8. The summed E-state index contributed by atoms with van der Waals surface area (Å²) in [7, 11) is 0. The fourth-order valence-corrected chi connectivity index (χ4v) is 5.97. The van der Waals surface area contributed by atoms with Gasteiger partial charge in [0.2, 0.25) is 5.91 Å². The first kappa shape index (κ1) is 29.5. The fourth-order valence-electron chi connectivity index (χ4n) is 5.68. The standard InChI is InChI=1S/C32H26Cl2N10O2/c1-19-3-2-4-28(42-18-37-24(15-30(42)45)23-14-21(33)5-6-27(23)43-17-29(34)40-41-43)25-13-20(7-12-36-25)31-26(39-32(19)46)16-38-44(31)22-8-10-35-11-9-22/h5-19,28H,2-4H2,1H3,(H,39,46). The van der Waals surface area contributed by atoms with Crippen LogP contribution in [-0.4, -0.2) is 50.2 Å². The molecule has 1 N–H and O–H groups in total. The van der Waals surface area contributed by atoms with Gasteiger partial charge in [0.05, 0.1) is 58.9 Å². The van der Waals surface area contributed by atoms with Crippen molar-refractivity contribution in [3.8, 4) is 33.9 Å². The second-order valence-electron chi connectivity index (χ2n) is 11.0. The molecule has 1 amide bonds. The lowest BCUT2D eigenvalue weighted by Crippen LogP contribution is -2.27. The Hall–Kier alpha value is -5.20. The maximum atomic E-state index is 13.9. The van der Waals surface area contributed by atoms with E-state index in [2.05, 4.69) is 25.7 Å². The van der Waals surface area contributed by atoms with Crippen molar-refractivity contribution in [1.29, 1.82) is 0 Å². The van der Waals surface area contributed by atoms with E-state index < -0.39 is 6.04 Å². The second-order valence-corrected chi connectivity index (χ2v) is 11.8. The summed E-state index contributed by atoms with van der Waals surface area (Å²) in [6.07, 6.45) is 11.7. The maximum Gasteiger partial charge on any atom is 0.254 e. The van der Waals surface area contributed by atoms with Crippen LogP contribution in [0.2, 0.25) is 10.2 Å². The molecule has 0 radical (unpaired) electrons. The second kappa shape index (κ2) is 12.3. The quantitative estimate of drug-likeness (QED) is 0.253. The summed E-state index contributed by atoms with van der Waals surface area (Å²) in [4.78, 5) is 40.6. The molecule has 0 saturated heterocycles. The third kappa shape index (κ3) is 5.68. The van der Waals surface area contributed by atoms with Crippen molar-refractivity contribution in [2.24, 2.45) is 5.92 Å². The third-order valence-electron chi connectivity index (χ3n) is 8.01. The van der Waals surface area contributed by atoms with E-state index in [1.54, 1.807) is 58.4 Å². The number of carbonyl (C=O) groups is 1. The molecule has 1 aliphatic heterocycles. The molecule has 6 heterocycles. The van der Waals surface area contributed by atoms with Crippen LogP contribution in [-0.2, 0) is 4.79 Å². The van der Waals surface area contributed by atoms with Gasteiger partial charge in [0, 0.05) is 46.7 Å². The smallest absolute Gasteiger partial charge is 0.254 e. The minimum atomic E-state index is -0.447. The van der Waals surface area contributed by atoms with Crippen LogP contribution in [0.1, 0.15) is 37.9 Å². The number of anilines is 1. The zero-order chi connectivity index (χ0) is 31.8. The first-order valence-electron chi connectivity index (χ1n) is 14.6. The Balaban J connectivity index is 1.33. The predicted molar refractivity (Wildman–Crippen MR) is 173 cm³/mol. The summed E-state index contributed by atoms with van der Waals surface area (Å²) in [5, 5.41) is 16.3. The van der Waals surface area contributed by atoms with E-state index in [1.165, 1.54) is 17.1 Å². The molecule has 2 atom stereocenters. The van der Waals surface area contributed by atoms with Crippen molar-refractivity contribution in [2.45, 2.75) is 32.2 Å². The van der Waals surface area contributed by atoms with E-state index >= 15 is 0 Å². The zero-order valence-corrected chi connectivity index (χ0v) is 26.0. The summed E-state index contributed by atoms with van der Waals surface area (Å²) in [6, 6.07) is 13.7. The number of amides is 1. The topological polar surface area (TPSA) is 138 Å². The molecule has 6 aromatic rings. The molecule has 46 heavy (non-hydrogen) atoms. The number of halogens is 2. The molecule has 2 unspecified atom stereocenters. The van der Waals surface area contributed by atoms with Crippen LogP contribution in [0.5, 0.6) is 0 Å². The van der Waals surface area contributed by atoms with Gasteiger partial charge in [-0.05, 0) is 55.3 Å². The molecule has 7 rings (SSSR count). The lowest BCUT2D eigenvalue weighted by atomic mass is 9.97. The largest absolute Gasteiger partial charge is 0.323 e. The van der Waals surface area contributed by atoms with Crippen molar-refractivity contribution >= 4 is 34.8 Å². The number of nitrogens with zero attached hydrogens (tertiary/aromatic N) is 9. The van der Waals surface area contributed by atoms with Crippen LogP contribution in [0.15, 0.2) is 90.6 Å². The molecule has 1 aliphatic rings. The van der Waals surface area contributed by atoms with Crippen molar-refractivity contribution < 1.29 is 4.79 Å². The van der Waals surface area contributed by atoms with Crippen LogP contribution >= 0.6 is 23.2 Å². The number of pyridine rings is 2. The van der Waals surface area contributed by atoms with Gasteiger partial charge in [0.15, 0.2) is 5.15 Å². The van der Waals surface area contributed by atoms with Gasteiger partial charge in [-0.3, -0.25) is 24.1 Å². The van der Waals surface area contributed by atoms with Crippen molar-refractivity contribution in [3.63, 3.8) is 0 Å². The third-order valence-corrected chi connectivity index (χ3v) is 8.42. The number of fused-ring (bicyclic) bond motifs is 4. The Morgan fingerprint density at radius 1 is 0.957 bits per heavy atom. The van der Waals surface area contributed by atoms with E-state index in [-0.39, 0.29) is 22.5 Å². The average molecular weight is 654 g/mol. The van der Waals surface area contributed by atoms with E-state index in [1.807, 2.05) is 31.2 Å². The number of hydrogen-bond donors (Lipinski definition) is 1. The minimum Gasteiger partial charge on any atom is -0.323 e. The number of rotatable bonds is 4. The highest BCUT2D eigenvalue weighted by molar-refractivity contribution is 6.31. The zero-order valence-electron chi connectivity index (χ0n) is 24.5. The lowest BCUT2D eigenvalue weighted by molar-refractivity contribution is -0.119. The van der Waals surface area contributed by atoms with Crippen LogP contribution in [0.3, 0.4) is 0 Å². The summed E-state index contributed by atoms with van der Waals surface area (Å²) in [5.74, 6) is -0.372. The highest BCUT2D eigenvalue weighted by atomic mass is 35.5. The monoisotopic (exact) mass is 652 g/mol. The van der Waals surface area contributed by atoms with Crippen LogP contribution in [0, 0.1) is 5.92 Å². The summed E-state index contributed by atoms with van der Waals surface area (Å²) in [6.45, 7) is 1.90. The molecular formula is C32H26Cl2N10O2. The van der Waals surface area contributed by atoms with Gasteiger partial charge in [-0.2, -0.15) is 5.10 Å². The van der Waals surface area contributed by atoms with Crippen LogP contribution < -0.4 is 10.9 Å². The van der Waals surface area contributed by atoms with E-state index in [0.717, 1.165) is 11.3 Å². The van der Waals surface area contributed by atoms with Crippen molar-refractivity contribution in [2.75, 3.05) is 5.32 Å². The van der Waals surface area contributed by atoms with Gasteiger partial charge < -0.3 is 5.32 Å². The molecule has 0 saturated carbocycles. The first-order chi connectivity index (χ1) is 22.4. The highest BCUT2D eigenvalue weighted by Gasteiger charge is 2.25. The Morgan fingerprint density at radius 2 is 1.80 bits per heavy atom. The minimum absolute atomic E-state index is 0.101. The number of nitrogens with one attached hydrogen (secondary N) is 1. The highest BCUT2D eigenvalue weighted by Crippen LogP contribution is 2.34. The summed E-state index contributed by atoms with van der Waals surface area (Å²) >= 11 is 12.4. The van der Waals surface area contributed by atoms with E-state index in [4.69, 9.17) is 33.2 Å². The summed E-state index contributed by atoms with van der Waals surface area (Å²) in [5.41, 5.74) is 4.86. The number of aromatic nitrogens is 9. The Morgan fingerprint density at radius 3 is 2.59 bits per heavy atom. The molecule has 0 fully saturated rings. The Bertz CT molecular complexity index is 2130. The average Bonchev–Trinajstić information content (AvgIpc) is 3.69. The Labute approximate surface area is 272 Å². The molecule has 2 bridgehead atoms. The lowest BCUT2D eigenvalue weighted by Gasteiger charge is -2.22. The van der Waals surface area contributed by atoms with Gasteiger partial charge in [0.25, 0.3) is 5.56 Å². The SMILES string of the molecule is CC1CCCC(n2cnc(-c3cc(Cl)ccc3-n3cc(Cl)nn3)cc2=O)c2cc(ccn2)-c2c(cnn2-c2ccncc2)NC1=O. The van der Waals surface area contributed by atoms with Crippen molar-refractivity contribution in [1.82, 2.24) is 44.3 Å². The fraction of sp³-hybridized carbons (Fsp3) is 0.188. The molecular weight excluding hydrogens is 627 g/mol. The van der Waals surface area contributed by atoms with Gasteiger partial charge in [-0.15, -0.1) is 5.10 Å². The van der Waals surface area contributed by atoms with Crippen LogP contribution in [0.4, 0.5) is 5.69 Å². The van der Waals surface area contributed by atoms with Crippen LogP contribution in [0.25, 0.3) is 33.9 Å². The number of carbonyl (C=O) groups excluding carboxylic acids is 1. The first-order valence-corrected chi connectivity index (χ1v) is 15.3. The van der Waals surface area contributed by atoms with Gasteiger partial charge in [0.1, 0.15) is 0 Å². The van der Waals surface area contributed by atoms with E-state index in [9.17, 15) is 9.59 Å². The van der Waals surface area contributed by atoms with E-state index in [0.29, 0.717) is 58.3 Å². The molecule has 5 aromatic heterocycles. The normalized spacial score (nSPS) is 16.6. The maximum absolute atomic E-state index is 13.9. The molecule has 1 aromatic carbocycles. The van der Waals surface area contributed by atoms with Gasteiger partial charge >= 0.3 is 0 Å². The summed E-state index contributed by atoms with van der Waals surface area (Å²) < 4.78 is 4.85. The molecule has 14 heteroatoms. The molecule has 0 aliphatic carbocycles. The van der Waals surface area contributed by atoms with Crippen molar-refractivity contribution in [3.05, 3.63) is 112 Å². The molecule has 230 valence electrons. The number of benzene rings is 1.